The smallest absolute Gasteiger partial charge is 0.167 e. The van der Waals surface area contributed by atoms with Gasteiger partial charge in [0.05, 0.1) is 0 Å². The molecular formula is C14H12ClNO. The van der Waals surface area contributed by atoms with Crippen molar-refractivity contribution in [1.29, 1.82) is 0 Å². The summed E-state index contributed by atoms with van der Waals surface area (Å²) in [5, 5.41) is 0.347. The van der Waals surface area contributed by atoms with Gasteiger partial charge in [-0.25, -0.2) is 4.98 Å². The summed E-state index contributed by atoms with van der Waals surface area (Å²) in [6, 6.07) is 11.2. The molecule has 0 unspecified atom stereocenters. The number of halogens is 1. The first-order valence-electron chi connectivity index (χ1n) is 5.35. The van der Waals surface area contributed by atoms with Gasteiger partial charge in [-0.2, -0.15) is 0 Å². The summed E-state index contributed by atoms with van der Waals surface area (Å²) >= 11 is 5.75. The Morgan fingerprint density at radius 3 is 2.82 bits per heavy atom. The molecule has 1 heterocycles. The van der Waals surface area contributed by atoms with E-state index in [0.29, 0.717) is 17.1 Å². The van der Waals surface area contributed by atoms with Gasteiger partial charge in [0.25, 0.3) is 0 Å². The van der Waals surface area contributed by atoms with E-state index >= 15 is 0 Å². The Morgan fingerprint density at radius 2 is 2.12 bits per heavy atom. The molecule has 0 atom stereocenters. The molecule has 0 aliphatic rings. The third-order valence-corrected chi connectivity index (χ3v) is 2.70. The van der Waals surface area contributed by atoms with E-state index in [2.05, 4.69) is 4.98 Å². The molecule has 0 radical (unpaired) electrons. The maximum atomic E-state index is 12.0. The molecule has 86 valence electrons. The Hall–Kier alpha value is -1.67. The molecule has 0 amide bonds. The minimum Gasteiger partial charge on any atom is -0.294 e. The lowest BCUT2D eigenvalue weighted by Gasteiger charge is -2.02. The molecule has 0 aliphatic carbocycles. The number of hydrogen-bond donors (Lipinski definition) is 0. The highest BCUT2D eigenvalue weighted by Crippen LogP contribution is 2.12. The number of rotatable bonds is 3. The summed E-state index contributed by atoms with van der Waals surface area (Å²) in [5.41, 5.74) is 2.78. The highest BCUT2D eigenvalue weighted by atomic mass is 35.5. The van der Waals surface area contributed by atoms with Crippen LogP contribution in [0.15, 0.2) is 42.6 Å². The molecule has 0 fully saturated rings. The van der Waals surface area contributed by atoms with Gasteiger partial charge in [-0.05, 0) is 24.6 Å². The van der Waals surface area contributed by atoms with Gasteiger partial charge in [-0.3, -0.25) is 4.79 Å². The van der Waals surface area contributed by atoms with Crippen LogP contribution in [0.1, 0.15) is 21.5 Å². The Labute approximate surface area is 105 Å². The predicted molar refractivity (Wildman–Crippen MR) is 68.5 cm³/mol. The molecule has 0 saturated heterocycles. The number of hydrogen-bond acceptors (Lipinski definition) is 2. The van der Waals surface area contributed by atoms with Crippen LogP contribution in [0, 0.1) is 6.92 Å². The van der Waals surface area contributed by atoms with E-state index in [1.807, 2.05) is 31.2 Å². The Balaban J connectivity index is 2.17. The van der Waals surface area contributed by atoms with Gasteiger partial charge in [-0.15, -0.1) is 0 Å². The van der Waals surface area contributed by atoms with E-state index in [-0.39, 0.29) is 5.78 Å². The number of Topliss-reactive ketones (excluding diaryl/α,β-unsaturated/α-hetero) is 1. The molecule has 0 bridgehead atoms. The SMILES string of the molecule is Cc1cccc(CC(=O)c2ccnc(Cl)c2)c1. The molecule has 0 saturated carbocycles. The van der Waals surface area contributed by atoms with Gasteiger partial charge in [0.2, 0.25) is 0 Å². The molecule has 1 aromatic heterocycles. The minimum atomic E-state index is 0.0555. The first-order valence-corrected chi connectivity index (χ1v) is 5.73. The summed E-state index contributed by atoms with van der Waals surface area (Å²) in [5.74, 6) is 0.0555. The largest absolute Gasteiger partial charge is 0.294 e. The van der Waals surface area contributed by atoms with Crippen molar-refractivity contribution < 1.29 is 4.79 Å². The number of pyridine rings is 1. The normalized spacial score (nSPS) is 10.2. The zero-order valence-electron chi connectivity index (χ0n) is 9.48. The molecule has 3 heteroatoms. The highest BCUT2D eigenvalue weighted by Gasteiger charge is 2.07. The second-order valence-corrected chi connectivity index (χ2v) is 4.34. The second kappa shape index (κ2) is 5.11. The number of nitrogens with zero attached hydrogens (tertiary/aromatic N) is 1. The van der Waals surface area contributed by atoms with Gasteiger partial charge in [0.1, 0.15) is 5.15 Å². The third kappa shape index (κ3) is 3.14. The maximum absolute atomic E-state index is 12.0. The van der Waals surface area contributed by atoms with Crippen LogP contribution in [-0.2, 0) is 6.42 Å². The molecule has 2 nitrogen and oxygen atoms in total. The molecule has 0 spiro atoms. The van der Waals surface area contributed by atoms with Crippen molar-refractivity contribution in [1.82, 2.24) is 4.98 Å². The number of ketones is 1. The lowest BCUT2D eigenvalue weighted by molar-refractivity contribution is 0.0993. The van der Waals surface area contributed by atoms with Crippen LogP contribution in [-0.4, -0.2) is 10.8 Å². The van der Waals surface area contributed by atoms with Crippen LogP contribution in [0.3, 0.4) is 0 Å². The van der Waals surface area contributed by atoms with E-state index in [4.69, 9.17) is 11.6 Å². The van der Waals surface area contributed by atoms with Crippen molar-refractivity contribution in [2.45, 2.75) is 13.3 Å². The van der Waals surface area contributed by atoms with Crippen molar-refractivity contribution >= 4 is 17.4 Å². The summed E-state index contributed by atoms with van der Waals surface area (Å²) in [6.07, 6.45) is 1.94. The number of aromatic nitrogens is 1. The number of carbonyl (C=O) groups excluding carboxylic acids is 1. The highest BCUT2D eigenvalue weighted by molar-refractivity contribution is 6.29. The van der Waals surface area contributed by atoms with Crippen LogP contribution in [0.25, 0.3) is 0 Å². The summed E-state index contributed by atoms with van der Waals surface area (Å²) in [7, 11) is 0. The first kappa shape index (κ1) is 11.8. The van der Waals surface area contributed by atoms with Crippen molar-refractivity contribution in [3.05, 3.63) is 64.4 Å². The van der Waals surface area contributed by atoms with Crippen molar-refractivity contribution in [2.24, 2.45) is 0 Å². The molecule has 1 aromatic carbocycles. The lowest BCUT2D eigenvalue weighted by Crippen LogP contribution is -2.03. The fraction of sp³-hybridized carbons (Fsp3) is 0.143. The zero-order valence-corrected chi connectivity index (χ0v) is 10.2. The Bertz CT molecular complexity index is 551. The third-order valence-electron chi connectivity index (χ3n) is 2.50. The van der Waals surface area contributed by atoms with E-state index in [9.17, 15) is 4.79 Å². The maximum Gasteiger partial charge on any atom is 0.167 e. The minimum absolute atomic E-state index is 0.0555. The van der Waals surface area contributed by atoms with Crippen molar-refractivity contribution in [3.8, 4) is 0 Å². The zero-order chi connectivity index (χ0) is 12.3. The van der Waals surface area contributed by atoms with Gasteiger partial charge in [0.15, 0.2) is 5.78 Å². The standard InChI is InChI=1S/C14H12ClNO/c1-10-3-2-4-11(7-10)8-13(17)12-5-6-16-14(15)9-12/h2-7,9H,8H2,1H3. The fourth-order valence-electron chi connectivity index (χ4n) is 1.69. The number of carbonyl (C=O) groups is 1. The molecule has 0 aliphatic heterocycles. The predicted octanol–water partition coefficient (Wildman–Crippen LogP) is 3.47. The Morgan fingerprint density at radius 1 is 1.29 bits per heavy atom. The van der Waals surface area contributed by atoms with Gasteiger partial charge in [0, 0.05) is 18.2 Å². The molecule has 0 N–H and O–H groups in total. The van der Waals surface area contributed by atoms with E-state index in [1.54, 1.807) is 18.3 Å². The van der Waals surface area contributed by atoms with Crippen LogP contribution >= 0.6 is 11.6 Å². The molecular weight excluding hydrogens is 234 g/mol. The quantitative estimate of drug-likeness (QED) is 0.612. The second-order valence-electron chi connectivity index (χ2n) is 3.96. The van der Waals surface area contributed by atoms with Crippen molar-refractivity contribution in [2.75, 3.05) is 0 Å². The van der Waals surface area contributed by atoms with E-state index in [1.165, 1.54) is 0 Å². The average Bonchev–Trinajstić information content (AvgIpc) is 2.29. The van der Waals surface area contributed by atoms with Gasteiger partial charge >= 0.3 is 0 Å². The molecule has 2 aromatic rings. The van der Waals surface area contributed by atoms with Crippen molar-refractivity contribution in [3.63, 3.8) is 0 Å². The van der Waals surface area contributed by atoms with Crippen LogP contribution in [0.4, 0.5) is 0 Å². The summed E-state index contributed by atoms with van der Waals surface area (Å²) in [4.78, 5) is 15.8. The fourth-order valence-corrected chi connectivity index (χ4v) is 1.86. The lowest BCUT2D eigenvalue weighted by atomic mass is 10.0. The summed E-state index contributed by atoms with van der Waals surface area (Å²) < 4.78 is 0. The van der Waals surface area contributed by atoms with Crippen LogP contribution in [0.2, 0.25) is 5.15 Å². The van der Waals surface area contributed by atoms with Gasteiger partial charge in [-0.1, -0.05) is 41.4 Å². The van der Waals surface area contributed by atoms with E-state index in [0.717, 1.165) is 11.1 Å². The average molecular weight is 246 g/mol. The van der Waals surface area contributed by atoms with Crippen LogP contribution < -0.4 is 0 Å². The number of aryl methyl sites for hydroxylation is 1. The topological polar surface area (TPSA) is 30.0 Å². The summed E-state index contributed by atoms with van der Waals surface area (Å²) in [6.45, 7) is 2.01. The monoisotopic (exact) mass is 245 g/mol. The first-order chi connectivity index (χ1) is 8.15. The Kier molecular flexibility index (Phi) is 3.55. The van der Waals surface area contributed by atoms with Gasteiger partial charge < -0.3 is 0 Å². The molecule has 17 heavy (non-hydrogen) atoms. The molecule has 2 rings (SSSR count). The van der Waals surface area contributed by atoms with Crippen LogP contribution in [0.5, 0.6) is 0 Å². The van der Waals surface area contributed by atoms with E-state index < -0.39 is 0 Å². The number of benzene rings is 1.